The van der Waals surface area contributed by atoms with Crippen LogP contribution in [0.4, 0.5) is 5.69 Å². The normalized spacial score (nSPS) is 10.6. The molecule has 0 aliphatic carbocycles. The molecule has 1 aromatic carbocycles. The molecule has 0 fully saturated rings. The number of nitrogens with zero attached hydrogens (tertiary/aromatic N) is 3. The highest BCUT2D eigenvalue weighted by molar-refractivity contribution is 7.16. The molecule has 3 aromatic rings. The van der Waals surface area contributed by atoms with E-state index in [9.17, 15) is 14.4 Å². The number of carbonyl (C=O) groups is 2. The molecule has 1 amide bonds. The van der Waals surface area contributed by atoms with E-state index in [0.29, 0.717) is 26.9 Å². The number of carbonyl (C=O) groups excluding carboxylic acids is 2. The maximum Gasteiger partial charge on any atom is 0.338 e. The van der Waals surface area contributed by atoms with Gasteiger partial charge in [0, 0.05) is 24.4 Å². The number of fused-ring (bicyclic) bond motifs is 1. The minimum Gasteiger partial charge on any atom is -0.455 e. The monoisotopic (exact) mass is 358 g/mol. The number of amides is 1. The van der Waals surface area contributed by atoms with Gasteiger partial charge in [-0.25, -0.2) is 9.78 Å². The van der Waals surface area contributed by atoms with E-state index < -0.39 is 5.97 Å². The summed E-state index contributed by atoms with van der Waals surface area (Å²) in [5.74, 6) is -0.713. The smallest absolute Gasteiger partial charge is 0.338 e. The van der Waals surface area contributed by atoms with Crippen LogP contribution in [0.2, 0.25) is 0 Å². The van der Waals surface area contributed by atoms with Gasteiger partial charge in [0.15, 0.2) is 5.01 Å². The van der Waals surface area contributed by atoms with Gasteiger partial charge in [0.05, 0.1) is 5.56 Å². The van der Waals surface area contributed by atoms with Crippen molar-refractivity contribution >= 4 is 33.9 Å². The highest BCUT2D eigenvalue weighted by Gasteiger charge is 2.12. The summed E-state index contributed by atoms with van der Waals surface area (Å²) in [6.45, 7) is 3.08. The zero-order valence-electron chi connectivity index (χ0n) is 13.5. The minimum atomic E-state index is -0.523. The van der Waals surface area contributed by atoms with Crippen LogP contribution >= 0.6 is 11.3 Å². The Kier molecular flexibility index (Phi) is 4.57. The number of anilines is 1. The lowest BCUT2D eigenvalue weighted by Crippen LogP contribution is -2.14. The molecular formula is C16H14N4O4S. The minimum absolute atomic E-state index is 0.0568. The molecule has 3 rings (SSSR count). The quantitative estimate of drug-likeness (QED) is 0.713. The summed E-state index contributed by atoms with van der Waals surface area (Å²) >= 11 is 1.19. The van der Waals surface area contributed by atoms with Crippen LogP contribution < -0.4 is 10.9 Å². The Bertz CT molecular complexity index is 1010. The molecule has 0 aliphatic heterocycles. The molecule has 0 saturated heterocycles. The second-order valence-electron chi connectivity index (χ2n) is 5.26. The van der Waals surface area contributed by atoms with Crippen LogP contribution in [0.1, 0.15) is 28.0 Å². The lowest BCUT2D eigenvalue weighted by molar-refractivity contribution is -0.114. The van der Waals surface area contributed by atoms with Crippen LogP contribution in [0.5, 0.6) is 0 Å². The van der Waals surface area contributed by atoms with Crippen molar-refractivity contribution < 1.29 is 14.3 Å². The van der Waals surface area contributed by atoms with Crippen LogP contribution in [0.25, 0.3) is 4.96 Å². The van der Waals surface area contributed by atoms with Gasteiger partial charge in [-0.15, -0.1) is 0 Å². The Morgan fingerprint density at radius 1 is 1.28 bits per heavy atom. The molecule has 0 saturated carbocycles. The Labute approximate surface area is 146 Å². The first-order valence-corrected chi connectivity index (χ1v) is 8.15. The van der Waals surface area contributed by atoms with E-state index in [1.807, 2.05) is 0 Å². The Morgan fingerprint density at radius 3 is 2.68 bits per heavy atom. The Balaban J connectivity index is 1.69. The van der Waals surface area contributed by atoms with Crippen molar-refractivity contribution in [1.82, 2.24) is 14.6 Å². The van der Waals surface area contributed by atoms with Gasteiger partial charge in [0.2, 0.25) is 10.9 Å². The number of benzene rings is 1. The fourth-order valence-corrected chi connectivity index (χ4v) is 2.98. The van der Waals surface area contributed by atoms with Gasteiger partial charge in [0.1, 0.15) is 6.61 Å². The van der Waals surface area contributed by atoms with Crippen molar-refractivity contribution in [3.63, 3.8) is 0 Å². The first kappa shape index (κ1) is 16.8. The SMILES string of the molecule is CC(=O)Nc1ccc(C(=O)OCc2nn3c(=O)cc(C)nc3s2)cc1. The topological polar surface area (TPSA) is 103 Å². The molecule has 0 spiro atoms. The van der Waals surface area contributed by atoms with Crippen molar-refractivity contribution in [2.24, 2.45) is 0 Å². The molecule has 2 aromatic heterocycles. The van der Waals surface area contributed by atoms with Crippen LogP contribution in [-0.2, 0) is 16.1 Å². The summed E-state index contributed by atoms with van der Waals surface area (Å²) in [7, 11) is 0. The van der Waals surface area contributed by atoms with Gasteiger partial charge < -0.3 is 10.1 Å². The van der Waals surface area contributed by atoms with E-state index in [0.717, 1.165) is 0 Å². The van der Waals surface area contributed by atoms with E-state index in [1.54, 1.807) is 31.2 Å². The Hall–Kier alpha value is -3.07. The van der Waals surface area contributed by atoms with Gasteiger partial charge in [-0.2, -0.15) is 9.61 Å². The number of aryl methyl sites for hydroxylation is 1. The largest absolute Gasteiger partial charge is 0.455 e. The lowest BCUT2D eigenvalue weighted by Gasteiger charge is -2.04. The first-order valence-electron chi connectivity index (χ1n) is 7.33. The summed E-state index contributed by atoms with van der Waals surface area (Å²) in [6, 6.07) is 7.73. The molecule has 0 unspecified atom stereocenters. The molecule has 8 nitrogen and oxygen atoms in total. The number of nitrogens with one attached hydrogen (secondary N) is 1. The van der Waals surface area contributed by atoms with Gasteiger partial charge >= 0.3 is 5.97 Å². The standard InChI is InChI=1S/C16H14N4O4S/c1-9-7-14(22)20-16(17-9)25-13(19-20)8-24-15(23)11-3-5-12(6-4-11)18-10(2)21/h3-7H,8H2,1-2H3,(H,18,21). The van der Waals surface area contributed by atoms with E-state index in [-0.39, 0.29) is 18.1 Å². The predicted octanol–water partition coefficient (Wildman–Crippen LogP) is 1.77. The fourth-order valence-electron chi connectivity index (χ4n) is 2.12. The average molecular weight is 358 g/mol. The third-order valence-electron chi connectivity index (χ3n) is 3.18. The van der Waals surface area contributed by atoms with Crippen LogP contribution in [0.15, 0.2) is 35.1 Å². The van der Waals surface area contributed by atoms with Crippen LogP contribution in [0.3, 0.4) is 0 Å². The maximum absolute atomic E-state index is 12.1. The number of hydrogen-bond acceptors (Lipinski definition) is 7. The molecule has 1 N–H and O–H groups in total. The number of rotatable bonds is 4. The number of hydrogen-bond donors (Lipinski definition) is 1. The fraction of sp³-hybridized carbons (Fsp3) is 0.188. The summed E-state index contributed by atoms with van der Waals surface area (Å²) in [5.41, 5.74) is 1.28. The van der Waals surface area contributed by atoms with E-state index in [4.69, 9.17) is 4.74 Å². The van der Waals surface area contributed by atoms with Crippen LogP contribution in [-0.4, -0.2) is 26.5 Å². The molecule has 0 bridgehead atoms. The highest BCUT2D eigenvalue weighted by Crippen LogP contribution is 2.15. The predicted molar refractivity (Wildman–Crippen MR) is 91.7 cm³/mol. The van der Waals surface area contributed by atoms with Crippen molar-refractivity contribution in [2.45, 2.75) is 20.5 Å². The second kappa shape index (κ2) is 6.81. The van der Waals surface area contributed by atoms with E-state index >= 15 is 0 Å². The lowest BCUT2D eigenvalue weighted by atomic mass is 10.2. The molecular weight excluding hydrogens is 344 g/mol. The van der Waals surface area contributed by atoms with Gasteiger partial charge in [-0.05, 0) is 31.2 Å². The number of esters is 1. The van der Waals surface area contributed by atoms with Gasteiger partial charge in [-0.1, -0.05) is 11.3 Å². The number of ether oxygens (including phenoxy) is 1. The molecule has 2 heterocycles. The molecule has 128 valence electrons. The van der Waals surface area contributed by atoms with E-state index in [1.165, 1.54) is 28.8 Å². The van der Waals surface area contributed by atoms with Gasteiger partial charge in [-0.3, -0.25) is 9.59 Å². The molecule has 9 heteroatoms. The number of aromatic nitrogens is 3. The van der Waals surface area contributed by atoms with Crippen molar-refractivity contribution in [3.05, 3.63) is 57.0 Å². The zero-order valence-corrected chi connectivity index (χ0v) is 14.3. The van der Waals surface area contributed by atoms with Crippen molar-refractivity contribution in [1.29, 1.82) is 0 Å². The first-order chi connectivity index (χ1) is 11.9. The van der Waals surface area contributed by atoms with Crippen LogP contribution in [0, 0.1) is 6.92 Å². The zero-order chi connectivity index (χ0) is 18.0. The third-order valence-corrected chi connectivity index (χ3v) is 4.06. The van der Waals surface area contributed by atoms with Crippen molar-refractivity contribution in [3.8, 4) is 0 Å². The summed E-state index contributed by atoms with van der Waals surface area (Å²) in [5, 5.41) is 7.19. The summed E-state index contributed by atoms with van der Waals surface area (Å²) < 4.78 is 6.40. The maximum atomic E-state index is 12.1. The summed E-state index contributed by atoms with van der Waals surface area (Å²) in [4.78, 5) is 39.5. The Morgan fingerprint density at radius 2 is 2.00 bits per heavy atom. The molecule has 0 aliphatic rings. The molecule has 0 atom stereocenters. The van der Waals surface area contributed by atoms with Crippen molar-refractivity contribution in [2.75, 3.05) is 5.32 Å². The average Bonchev–Trinajstić information content (AvgIpc) is 2.96. The molecule has 0 radical (unpaired) electrons. The third kappa shape index (κ3) is 3.89. The highest BCUT2D eigenvalue weighted by atomic mass is 32.1. The molecule has 25 heavy (non-hydrogen) atoms. The van der Waals surface area contributed by atoms with Gasteiger partial charge in [0.25, 0.3) is 5.56 Å². The van der Waals surface area contributed by atoms with E-state index in [2.05, 4.69) is 15.4 Å². The summed E-state index contributed by atoms with van der Waals surface area (Å²) in [6.07, 6.45) is 0. The second-order valence-corrected chi connectivity index (χ2v) is 6.30.